The summed E-state index contributed by atoms with van der Waals surface area (Å²) >= 11 is 2.03. The smallest absolute Gasteiger partial charge is 0.236 e. The number of rotatable bonds is 6. The maximum atomic E-state index is 13.2. The first-order chi connectivity index (χ1) is 10.5. The van der Waals surface area contributed by atoms with E-state index in [1.165, 1.54) is 6.07 Å². The summed E-state index contributed by atoms with van der Waals surface area (Å²) in [7, 11) is 0. The number of amides is 1. The van der Waals surface area contributed by atoms with Crippen molar-refractivity contribution >= 4 is 40.1 Å². The first-order valence-electron chi connectivity index (χ1n) is 5.94. The molecule has 2 rings (SSSR count). The van der Waals surface area contributed by atoms with Crippen LogP contribution in [-0.4, -0.2) is 28.4 Å². The first kappa shape index (κ1) is 16.4. The number of thioether (sulfide) groups is 1. The van der Waals surface area contributed by atoms with E-state index in [-0.39, 0.29) is 11.5 Å². The third-order valence-electron chi connectivity index (χ3n) is 2.42. The molecule has 0 fully saturated rings. The van der Waals surface area contributed by atoms with Gasteiger partial charge >= 0.3 is 0 Å². The molecular weight excluding hydrogens is 334 g/mol. The van der Waals surface area contributed by atoms with E-state index in [4.69, 9.17) is 0 Å². The van der Waals surface area contributed by atoms with Gasteiger partial charge in [-0.3, -0.25) is 4.79 Å². The highest BCUT2D eigenvalue weighted by molar-refractivity contribution is 8.00. The molecule has 1 aromatic carbocycles. The summed E-state index contributed by atoms with van der Waals surface area (Å²) in [6.07, 6.45) is 0. The second kappa shape index (κ2) is 7.32. The number of nitrogens with zero attached hydrogens (tertiary/aromatic N) is 1. The molecule has 0 unspecified atom stereocenters. The van der Waals surface area contributed by atoms with E-state index in [1.807, 2.05) is 0 Å². The molecule has 5 nitrogen and oxygen atoms in total. The van der Waals surface area contributed by atoms with Crippen LogP contribution in [0.25, 0.3) is 11.3 Å². The highest BCUT2D eigenvalue weighted by atomic mass is 32.2. The van der Waals surface area contributed by atoms with Crippen LogP contribution in [0, 0.1) is 11.6 Å². The van der Waals surface area contributed by atoms with Gasteiger partial charge in [-0.2, -0.15) is 0 Å². The van der Waals surface area contributed by atoms with Gasteiger partial charge in [-0.25, -0.2) is 13.8 Å². The zero-order valence-corrected chi connectivity index (χ0v) is 12.6. The number of carboxylic acids is 1. The summed E-state index contributed by atoms with van der Waals surface area (Å²) in [5, 5.41) is 14.6. The molecule has 0 spiro atoms. The fraction of sp³-hybridized carbons (Fsp3) is 0.154. The Bertz CT molecular complexity index is 706. The molecule has 0 aliphatic rings. The molecule has 0 atom stereocenters. The van der Waals surface area contributed by atoms with Gasteiger partial charge in [-0.1, -0.05) is 0 Å². The molecule has 1 aromatic heterocycles. The van der Waals surface area contributed by atoms with Crippen LogP contribution in [0.1, 0.15) is 0 Å². The van der Waals surface area contributed by atoms with Crippen molar-refractivity contribution in [2.75, 3.05) is 16.8 Å². The van der Waals surface area contributed by atoms with Crippen LogP contribution in [0.3, 0.4) is 0 Å². The van der Waals surface area contributed by atoms with Crippen LogP contribution in [0.4, 0.5) is 13.9 Å². The number of thiazole rings is 1. The summed E-state index contributed by atoms with van der Waals surface area (Å²) in [6.45, 7) is 0. The summed E-state index contributed by atoms with van der Waals surface area (Å²) in [5.74, 6) is -3.89. The number of carbonyl (C=O) groups is 2. The number of carbonyl (C=O) groups excluding carboxylic acids is 2. The van der Waals surface area contributed by atoms with E-state index < -0.39 is 23.5 Å². The van der Waals surface area contributed by atoms with Crippen molar-refractivity contribution in [3.05, 3.63) is 35.2 Å². The van der Waals surface area contributed by atoms with Gasteiger partial charge in [0.15, 0.2) is 16.8 Å². The van der Waals surface area contributed by atoms with Crippen molar-refractivity contribution in [1.82, 2.24) is 4.98 Å². The Labute approximate surface area is 132 Å². The molecular formula is C13H9F2N2O3S2-. The number of hydrogen-bond donors (Lipinski definition) is 1. The predicted octanol–water partition coefficient (Wildman–Crippen LogP) is 1.51. The van der Waals surface area contributed by atoms with Crippen molar-refractivity contribution < 1.29 is 23.5 Å². The lowest BCUT2D eigenvalue weighted by Crippen LogP contribution is -2.25. The average Bonchev–Trinajstić information content (AvgIpc) is 2.90. The van der Waals surface area contributed by atoms with Crippen molar-refractivity contribution in [3.63, 3.8) is 0 Å². The van der Waals surface area contributed by atoms with E-state index in [1.54, 1.807) is 5.38 Å². The molecule has 22 heavy (non-hydrogen) atoms. The number of aliphatic carboxylic acids is 1. The minimum Gasteiger partial charge on any atom is -0.549 e. The molecule has 0 saturated carbocycles. The van der Waals surface area contributed by atoms with Crippen LogP contribution in [0.5, 0.6) is 0 Å². The van der Waals surface area contributed by atoms with Crippen LogP contribution in [0.2, 0.25) is 0 Å². The summed E-state index contributed by atoms with van der Waals surface area (Å²) in [4.78, 5) is 25.9. The van der Waals surface area contributed by atoms with Crippen molar-refractivity contribution in [1.29, 1.82) is 0 Å². The molecule has 0 bridgehead atoms. The molecule has 0 saturated heterocycles. The lowest BCUT2D eigenvalue weighted by Gasteiger charge is -2.02. The molecule has 1 amide bonds. The zero-order chi connectivity index (χ0) is 16.1. The normalized spacial score (nSPS) is 10.5. The molecule has 1 N–H and O–H groups in total. The summed E-state index contributed by atoms with van der Waals surface area (Å²) < 4.78 is 26.0. The van der Waals surface area contributed by atoms with Crippen LogP contribution >= 0.6 is 23.1 Å². The van der Waals surface area contributed by atoms with Gasteiger partial charge in [-0.05, 0) is 18.2 Å². The third kappa shape index (κ3) is 4.50. The van der Waals surface area contributed by atoms with Gasteiger partial charge in [0.05, 0.1) is 17.4 Å². The molecule has 0 aliphatic heterocycles. The lowest BCUT2D eigenvalue weighted by molar-refractivity contribution is -0.301. The fourth-order valence-electron chi connectivity index (χ4n) is 1.50. The van der Waals surface area contributed by atoms with Gasteiger partial charge in [-0.15, -0.1) is 23.1 Å². The monoisotopic (exact) mass is 343 g/mol. The molecule has 9 heteroatoms. The van der Waals surface area contributed by atoms with Gasteiger partial charge < -0.3 is 15.2 Å². The Morgan fingerprint density at radius 1 is 1.27 bits per heavy atom. The Hall–Kier alpha value is -2.00. The minimum absolute atomic E-state index is 0.0475. The second-order valence-corrected chi connectivity index (χ2v) is 5.92. The molecule has 116 valence electrons. The first-order valence-corrected chi connectivity index (χ1v) is 7.97. The number of nitrogens with one attached hydrogen (secondary N) is 1. The van der Waals surface area contributed by atoms with Crippen LogP contribution < -0.4 is 10.4 Å². The lowest BCUT2D eigenvalue weighted by atomic mass is 10.2. The van der Waals surface area contributed by atoms with Gasteiger partial charge in [0.25, 0.3) is 0 Å². The Balaban J connectivity index is 1.97. The van der Waals surface area contributed by atoms with Crippen LogP contribution in [0.15, 0.2) is 23.6 Å². The quantitative estimate of drug-likeness (QED) is 0.860. The highest BCUT2D eigenvalue weighted by Crippen LogP contribution is 2.26. The molecule has 1 heterocycles. The second-order valence-electron chi connectivity index (χ2n) is 4.08. The summed E-state index contributed by atoms with van der Waals surface area (Å²) in [6, 6.07) is 3.40. The number of aromatic nitrogens is 1. The van der Waals surface area contributed by atoms with E-state index in [2.05, 4.69) is 10.3 Å². The molecule has 0 radical (unpaired) electrons. The third-order valence-corrected chi connectivity index (χ3v) is 4.08. The Kier molecular flexibility index (Phi) is 5.45. The van der Waals surface area contributed by atoms with E-state index >= 15 is 0 Å². The number of anilines is 1. The molecule has 0 aliphatic carbocycles. The topological polar surface area (TPSA) is 82.1 Å². The number of carboxylic acid groups (broad SMARTS) is 1. The SMILES string of the molecule is O=C([O-])CSCC(=O)Nc1nc(-c2ccc(F)c(F)c2)cs1. The predicted molar refractivity (Wildman–Crippen MR) is 78.4 cm³/mol. The van der Waals surface area contributed by atoms with Gasteiger partial charge in [0.1, 0.15) is 0 Å². The van der Waals surface area contributed by atoms with Crippen molar-refractivity contribution in [2.24, 2.45) is 0 Å². The van der Waals surface area contributed by atoms with E-state index in [0.29, 0.717) is 16.4 Å². The summed E-state index contributed by atoms with van der Waals surface area (Å²) in [5.41, 5.74) is 0.795. The van der Waals surface area contributed by atoms with Gasteiger partial charge in [0, 0.05) is 16.7 Å². The maximum absolute atomic E-state index is 13.2. The minimum atomic E-state index is -1.24. The number of benzene rings is 1. The van der Waals surface area contributed by atoms with Crippen molar-refractivity contribution in [2.45, 2.75) is 0 Å². The zero-order valence-electron chi connectivity index (χ0n) is 11.0. The highest BCUT2D eigenvalue weighted by Gasteiger charge is 2.10. The largest absolute Gasteiger partial charge is 0.549 e. The number of halogens is 2. The maximum Gasteiger partial charge on any atom is 0.236 e. The van der Waals surface area contributed by atoms with E-state index in [9.17, 15) is 23.5 Å². The standard InChI is InChI=1S/C13H10F2N2O3S2/c14-8-2-1-7(3-9(8)15)10-4-22-13(16-10)17-11(18)5-21-6-12(19)20/h1-4H,5-6H2,(H,19,20)(H,16,17,18)/p-1. The van der Waals surface area contributed by atoms with Crippen molar-refractivity contribution in [3.8, 4) is 11.3 Å². The average molecular weight is 343 g/mol. The Morgan fingerprint density at radius 2 is 2.05 bits per heavy atom. The fourth-order valence-corrected chi connectivity index (χ4v) is 2.76. The number of hydrogen-bond acceptors (Lipinski definition) is 6. The Morgan fingerprint density at radius 3 is 2.73 bits per heavy atom. The molecule has 2 aromatic rings. The van der Waals surface area contributed by atoms with Crippen LogP contribution in [-0.2, 0) is 9.59 Å². The van der Waals surface area contributed by atoms with E-state index in [0.717, 1.165) is 35.2 Å². The van der Waals surface area contributed by atoms with Gasteiger partial charge in [0.2, 0.25) is 5.91 Å².